The lowest BCUT2D eigenvalue weighted by Crippen LogP contribution is -1.93. The number of rotatable bonds is 3. The molecule has 0 unspecified atom stereocenters. The molecule has 0 fully saturated rings. The average Bonchev–Trinajstić information content (AvgIpc) is 2.19. The average molecular weight is 241 g/mol. The van der Waals surface area contributed by atoms with E-state index in [1.54, 1.807) is 7.11 Å². The molecule has 2 nitrogen and oxygen atoms in total. The molecule has 1 rings (SSSR count). The molecule has 0 saturated heterocycles. The van der Waals surface area contributed by atoms with Crippen molar-refractivity contribution in [2.45, 2.75) is 0 Å². The first kappa shape index (κ1) is 9.94. The predicted octanol–water partition coefficient (Wildman–Crippen LogP) is 2.43. The van der Waals surface area contributed by atoms with Crippen LogP contribution >= 0.6 is 15.9 Å². The zero-order chi connectivity index (χ0) is 9.52. The van der Waals surface area contributed by atoms with Crippen LogP contribution in [0.3, 0.4) is 0 Å². The number of methoxy groups -OCH3 is 1. The van der Waals surface area contributed by atoms with Crippen LogP contribution in [0.2, 0.25) is 0 Å². The van der Waals surface area contributed by atoms with Gasteiger partial charge in [-0.3, -0.25) is 0 Å². The van der Waals surface area contributed by atoms with Gasteiger partial charge in [0.25, 0.3) is 0 Å². The fourth-order valence-corrected chi connectivity index (χ4v) is 0.933. The molecule has 13 heavy (non-hydrogen) atoms. The molecule has 1 aromatic carbocycles. The summed E-state index contributed by atoms with van der Waals surface area (Å²) < 4.78 is 10.3. The highest BCUT2D eigenvalue weighted by atomic mass is 79.9. The van der Waals surface area contributed by atoms with Crippen molar-refractivity contribution in [2.24, 2.45) is 0 Å². The van der Waals surface area contributed by atoms with Crippen LogP contribution in [0.1, 0.15) is 0 Å². The highest BCUT2D eigenvalue weighted by Crippen LogP contribution is 2.16. The van der Waals surface area contributed by atoms with Crippen molar-refractivity contribution in [3.8, 4) is 22.2 Å². The quantitative estimate of drug-likeness (QED) is 0.756. The van der Waals surface area contributed by atoms with Gasteiger partial charge in [0.2, 0.25) is 0 Å². The van der Waals surface area contributed by atoms with Gasteiger partial charge >= 0.3 is 0 Å². The van der Waals surface area contributed by atoms with E-state index in [0.29, 0.717) is 6.61 Å². The molecular weight excluding hydrogens is 232 g/mol. The van der Waals surface area contributed by atoms with Gasteiger partial charge < -0.3 is 9.47 Å². The number of hydrogen-bond donors (Lipinski definition) is 0. The van der Waals surface area contributed by atoms with Gasteiger partial charge in [-0.15, -0.1) is 0 Å². The smallest absolute Gasteiger partial charge is 0.149 e. The molecule has 0 saturated carbocycles. The van der Waals surface area contributed by atoms with E-state index in [1.165, 1.54) is 0 Å². The van der Waals surface area contributed by atoms with Gasteiger partial charge in [-0.1, -0.05) is 0 Å². The lowest BCUT2D eigenvalue weighted by molar-refractivity contribution is 0.368. The molecule has 0 aliphatic rings. The second kappa shape index (κ2) is 5.50. The molecule has 0 aliphatic heterocycles. The monoisotopic (exact) mass is 240 g/mol. The van der Waals surface area contributed by atoms with E-state index in [0.717, 1.165) is 11.5 Å². The zero-order valence-electron chi connectivity index (χ0n) is 7.21. The van der Waals surface area contributed by atoms with Gasteiger partial charge in [-0.2, -0.15) is 0 Å². The third-order valence-corrected chi connectivity index (χ3v) is 1.72. The Morgan fingerprint density at radius 1 is 1.23 bits per heavy atom. The van der Waals surface area contributed by atoms with Crippen LogP contribution in [0.4, 0.5) is 0 Å². The number of ether oxygens (including phenoxy) is 2. The van der Waals surface area contributed by atoms with Crippen LogP contribution in [0.5, 0.6) is 11.5 Å². The predicted molar refractivity (Wildman–Crippen MR) is 55.2 cm³/mol. The van der Waals surface area contributed by atoms with Crippen molar-refractivity contribution >= 4 is 15.9 Å². The number of benzene rings is 1. The van der Waals surface area contributed by atoms with Crippen LogP contribution in [0.15, 0.2) is 24.3 Å². The molecule has 0 radical (unpaired) electrons. The fraction of sp³-hybridized carbons (Fsp3) is 0.200. The highest BCUT2D eigenvalue weighted by molar-refractivity contribution is 9.12. The van der Waals surface area contributed by atoms with Crippen LogP contribution in [-0.2, 0) is 0 Å². The molecule has 0 bridgehead atoms. The van der Waals surface area contributed by atoms with E-state index in [1.807, 2.05) is 24.3 Å². The first-order valence-corrected chi connectivity index (χ1v) is 4.51. The minimum absolute atomic E-state index is 0.386. The Labute approximate surface area is 86.0 Å². The maximum Gasteiger partial charge on any atom is 0.149 e. The summed E-state index contributed by atoms with van der Waals surface area (Å²) >= 11 is 2.98. The third-order valence-electron chi connectivity index (χ3n) is 1.44. The van der Waals surface area contributed by atoms with E-state index >= 15 is 0 Å². The van der Waals surface area contributed by atoms with E-state index in [9.17, 15) is 0 Å². The molecule has 68 valence electrons. The van der Waals surface area contributed by atoms with Gasteiger partial charge in [0, 0.05) is 15.9 Å². The van der Waals surface area contributed by atoms with E-state index < -0.39 is 0 Å². The van der Waals surface area contributed by atoms with Crippen molar-refractivity contribution < 1.29 is 9.47 Å². The van der Waals surface area contributed by atoms with Crippen LogP contribution in [-0.4, -0.2) is 13.7 Å². The number of hydrogen-bond acceptors (Lipinski definition) is 2. The molecular formula is C10H9BrO2. The summed E-state index contributed by atoms with van der Waals surface area (Å²) in [7, 11) is 1.63. The SMILES string of the molecule is COc1ccc(OCC#CBr)cc1. The van der Waals surface area contributed by atoms with Gasteiger partial charge in [0.15, 0.2) is 0 Å². The molecule has 0 heterocycles. The molecule has 0 aliphatic carbocycles. The summed E-state index contributed by atoms with van der Waals surface area (Å²) in [4.78, 5) is 2.57. The van der Waals surface area contributed by atoms with Crippen molar-refractivity contribution in [1.29, 1.82) is 0 Å². The second-order valence-corrected chi connectivity index (χ2v) is 2.63. The largest absolute Gasteiger partial charge is 0.497 e. The highest BCUT2D eigenvalue weighted by Gasteiger charge is 1.92. The van der Waals surface area contributed by atoms with E-state index in [-0.39, 0.29) is 0 Å². The normalized spacial score (nSPS) is 8.46. The molecule has 0 atom stereocenters. The Morgan fingerprint density at radius 2 is 1.85 bits per heavy atom. The topological polar surface area (TPSA) is 18.5 Å². The van der Waals surface area contributed by atoms with E-state index in [2.05, 4.69) is 26.7 Å². The lowest BCUT2D eigenvalue weighted by Gasteiger charge is -2.02. The minimum atomic E-state index is 0.386. The molecule has 0 aromatic heterocycles. The van der Waals surface area contributed by atoms with Crippen molar-refractivity contribution in [3.63, 3.8) is 0 Å². The Hall–Kier alpha value is -1.14. The summed E-state index contributed by atoms with van der Waals surface area (Å²) in [6, 6.07) is 7.37. The lowest BCUT2D eigenvalue weighted by atomic mass is 10.3. The standard InChI is InChI=1S/C10H9BrO2/c1-12-9-3-5-10(6-4-9)13-8-2-7-11/h3-6H,8H2,1H3. The molecule has 0 amide bonds. The van der Waals surface area contributed by atoms with Gasteiger partial charge in [0.1, 0.15) is 18.1 Å². The zero-order valence-corrected chi connectivity index (χ0v) is 8.80. The second-order valence-electron chi connectivity index (χ2n) is 2.24. The first-order valence-electron chi connectivity index (χ1n) is 3.72. The van der Waals surface area contributed by atoms with Gasteiger partial charge in [-0.05, 0) is 35.0 Å². The van der Waals surface area contributed by atoms with Crippen molar-refractivity contribution in [2.75, 3.05) is 13.7 Å². The summed E-state index contributed by atoms with van der Waals surface area (Å²) in [6.45, 7) is 0.386. The maximum absolute atomic E-state index is 5.29. The van der Waals surface area contributed by atoms with Crippen molar-refractivity contribution in [3.05, 3.63) is 24.3 Å². The summed E-state index contributed by atoms with van der Waals surface area (Å²) in [5, 5.41) is 0. The Balaban J connectivity index is 2.52. The Morgan fingerprint density at radius 3 is 2.38 bits per heavy atom. The Bertz CT molecular complexity index is 308. The molecule has 3 heteroatoms. The van der Waals surface area contributed by atoms with Crippen molar-refractivity contribution in [1.82, 2.24) is 0 Å². The molecule has 0 spiro atoms. The van der Waals surface area contributed by atoms with Gasteiger partial charge in [-0.25, -0.2) is 0 Å². The molecule has 0 N–H and O–H groups in total. The summed E-state index contributed by atoms with van der Waals surface area (Å²) in [5.41, 5.74) is 0. The summed E-state index contributed by atoms with van der Waals surface area (Å²) in [6.07, 6.45) is 0. The minimum Gasteiger partial charge on any atom is -0.497 e. The fourth-order valence-electron chi connectivity index (χ4n) is 0.819. The Kier molecular flexibility index (Phi) is 4.20. The number of halogens is 1. The van der Waals surface area contributed by atoms with Crippen LogP contribution < -0.4 is 9.47 Å². The first-order chi connectivity index (χ1) is 6.36. The third kappa shape index (κ3) is 3.39. The van der Waals surface area contributed by atoms with Crippen LogP contribution in [0.25, 0.3) is 0 Å². The van der Waals surface area contributed by atoms with Gasteiger partial charge in [0.05, 0.1) is 7.11 Å². The van der Waals surface area contributed by atoms with E-state index in [4.69, 9.17) is 9.47 Å². The summed E-state index contributed by atoms with van der Waals surface area (Å²) in [5.74, 6) is 4.34. The molecule has 1 aromatic rings. The maximum atomic E-state index is 5.29. The van der Waals surface area contributed by atoms with Crippen LogP contribution in [0, 0.1) is 10.8 Å².